The third kappa shape index (κ3) is 2.63. The lowest BCUT2D eigenvalue weighted by molar-refractivity contribution is -0.129. The molecule has 106 valence electrons. The second-order valence-corrected chi connectivity index (χ2v) is 5.08. The fourth-order valence-electron chi connectivity index (χ4n) is 2.08. The van der Waals surface area contributed by atoms with Crippen molar-refractivity contribution in [2.45, 2.75) is 13.8 Å². The summed E-state index contributed by atoms with van der Waals surface area (Å²) in [7, 11) is 1.82. The van der Waals surface area contributed by atoms with Gasteiger partial charge >= 0.3 is 5.97 Å². The molecule has 0 unspecified atom stereocenters. The Bertz CT molecular complexity index is 785. The summed E-state index contributed by atoms with van der Waals surface area (Å²) in [6.45, 7) is 4.05. The summed E-state index contributed by atoms with van der Waals surface area (Å²) in [6.07, 6.45) is 5.15. The summed E-state index contributed by atoms with van der Waals surface area (Å²) in [5.41, 5.74) is 4.23. The summed E-state index contributed by atoms with van der Waals surface area (Å²) in [5.74, 6) is -0.0923. The molecule has 0 saturated heterocycles. The van der Waals surface area contributed by atoms with Crippen molar-refractivity contribution in [2.75, 3.05) is 0 Å². The predicted octanol–water partition coefficient (Wildman–Crippen LogP) is 2.38. The average molecular weight is 281 g/mol. The maximum atomic E-state index is 11.9. The van der Waals surface area contributed by atoms with Gasteiger partial charge in [-0.3, -0.25) is 4.68 Å². The molecule has 0 atom stereocenters. The molecule has 21 heavy (non-hydrogen) atoms. The normalized spacial score (nSPS) is 16.2. The molecular formula is C16H15N3O2. The van der Waals surface area contributed by atoms with Crippen LogP contribution in [0.4, 0.5) is 0 Å². The predicted molar refractivity (Wildman–Crippen MR) is 79.7 cm³/mol. The minimum absolute atomic E-state index is 0.288. The molecule has 0 fully saturated rings. The SMILES string of the molecule is Cc1ccc(C2=N/C(=C/c3cnn(C)c3)C(=O)O2)cc1C. The van der Waals surface area contributed by atoms with Gasteiger partial charge in [0.25, 0.3) is 0 Å². The fraction of sp³-hybridized carbons (Fsp3) is 0.188. The van der Waals surface area contributed by atoms with E-state index in [1.807, 2.05) is 45.3 Å². The van der Waals surface area contributed by atoms with E-state index >= 15 is 0 Å². The zero-order valence-corrected chi connectivity index (χ0v) is 12.1. The van der Waals surface area contributed by atoms with E-state index in [2.05, 4.69) is 10.1 Å². The second kappa shape index (κ2) is 5.01. The molecule has 0 bridgehead atoms. The van der Waals surface area contributed by atoms with Crippen molar-refractivity contribution in [2.24, 2.45) is 12.0 Å². The minimum Gasteiger partial charge on any atom is -0.402 e. The molecule has 1 aromatic carbocycles. The topological polar surface area (TPSA) is 56.5 Å². The van der Waals surface area contributed by atoms with E-state index in [0.29, 0.717) is 5.90 Å². The summed E-state index contributed by atoms with van der Waals surface area (Å²) >= 11 is 0. The van der Waals surface area contributed by atoms with Crippen LogP contribution < -0.4 is 0 Å². The van der Waals surface area contributed by atoms with Crippen molar-refractivity contribution in [3.63, 3.8) is 0 Å². The van der Waals surface area contributed by atoms with Crippen molar-refractivity contribution in [3.05, 3.63) is 58.5 Å². The number of carbonyl (C=O) groups is 1. The number of hydrogen-bond acceptors (Lipinski definition) is 4. The highest BCUT2D eigenvalue weighted by atomic mass is 16.6. The number of cyclic esters (lactones) is 1. The monoisotopic (exact) mass is 281 g/mol. The lowest BCUT2D eigenvalue weighted by Crippen LogP contribution is -2.05. The highest BCUT2D eigenvalue weighted by Crippen LogP contribution is 2.20. The van der Waals surface area contributed by atoms with E-state index in [1.54, 1.807) is 17.0 Å². The van der Waals surface area contributed by atoms with Gasteiger partial charge in [-0.05, 0) is 43.2 Å². The van der Waals surface area contributed by atoms with Crippen LogP contribution in [0.1, 0.15) is 22.3 Å². The van der Waals surface area contributed by atoms with Crippen molar-refractivity contribution in [1.29, 1.82) is 0 Å². The van der Waals surface area contributed by atoms with Crippen molar-refractivity contribution in [3.8, 4) is 0 Å². The molecule has 2 aromatic rings. The first-order chi connectivity index (χ1) is 10.0. The smallest absolute Gasteiger partial charge is 0.363 e. The summed E-state index contributed by atoms with van der Waals surface area (Å²) < 4.78 is 6.92. The Balaban J connectivity index is 1.95. The molecule has 5 nitrogen and oxygen atoms in total. The number of aliphatic imine (C=N–C) groups is 1. The maximum Gasteiger partial charge on any atom is 0.363 e. The molecule has 0 aliphatic carbocycles. The zero-order valence-electron chi connectivity index (χ0n) is 12.1. The summed E-state index contributed by atoms with van der Waals surface area (Å²) in [6, 6.07) is 5.86. The largest absolute Gasteiger partial charge is 0.402 e. The Labute approximate surface area is 122 Å². The Kier molecular flexibility index (Phi) is 3.17. The molecule has 0 radical (unpaired) electrons. The molecule has 0 spiro atoms. The lowest BCUT2D eigenvalue weighted by atomic mass is 10.1. The van der Waals surface area contributed by atoms with Crippen LogP contribution in [0.15, 0.2) is 41.3 Å². The van der Waals surface area contributed by atoms with Gasteiger partial charge < -0.3 is 4.74 Å². The van der Waals surface area contributed by atoms with E-state index in [4.69, 9.17) is 4.74 Å². The van der Waals surface area contributed by atoms with Crippen LogP contribution in [0, 0.1) is 13.8 Å². The first-order valence-electron chi connectivity index (χ1n) is 6.62. The third-order valence-electron chi connectivity index (χ3n) is 3.40. The molecule has 5 heteroatoms. The van der Waals surface area contributed by atoms with Crippen LogP contribution in [-0.2, 0) is 16.6 Å². The van der Waals surface area contributed by atoms with Crippen LogP contribution >= 0.6 is 0 Å². The van der Waals surface area contributed by atoms with E-state index in [1.165, 1.54) is 5.56 Å². The Hall–Kier alpha value is -2.69. The fourth-order valence-corrected chi connectivity index (χ4v) is 2.08. The molecular weight excluding hydrogens is 266 g/mol. The maximum absolute atomic E-state index is 11.9. The molecule has 2 heterocycles. The van der Waals surface area contributed by atoms with E-state index in [9.17, 15) is 4.79 Å². The van der Waals surface area contributed by atoms with Gasteiger partial charge in [-0.25, -0.2) is 9.79 Å². The molecule has 1 aliphatic rings. The van der Waals surface area contributed by atoms with Crippen LogP contribution in [0.2, 0.25) is 0 Å². The summed E-state index contributed by atoms with van der Waals surface area (Å²) in [5, 5.41) is 4.05. The zero-order chi connectivity index (χ0) is 15.0. The third-order valence-corrected chi connectivity index (χ3v) is 3.40. The number of nitrogens with zero attached hydrogens (tertiary/aromatic N) is 3. The number of ether oxygens (including phenoxy) is 1. The highest BCUT2D eigenvalue weighted by Gasteiger charge is 2.24. The minimum atomic E-state index is -0.438. The standard InChI is InChI=1S/C16H15N3O2/c1-10-4-5-13(6-11(10)2)15-18-14(16(20)21-15)7-12-8-17-19(3)9-12/h4-9H,1-3H3/b14-7+. The van der Waals surface area contributed by atoms with Crippen LogP contribution in [0.5, 0.6) is 0 Å². The van der Waals surface area contributed by atoms with Gasteiger partial charge in [0.2, 0.25) is 5.90 Å². The van der Waals surface area contributed by atoms with Gasteiger partial charge in [-0.2, -0.15) is 5.10 Å². The van der Waals surface area contributed by atoms with Gasteiger partial charge in [0.05, 0.1) is 6.20 Å². The van der Waals surface area contributed by atoms with E-state index in [-0.39, 0.29) is 5.70 Å². The Morgan fingerprint density at radius 1 is 1.24 bits per heavy atom. The number of hydrogen-bond donors (Lipinski definition) is 0. The number of aryl methyl sites for hydroxylation is 3. The number of benzene rings is 1. The van der Waals surface area contributed by atoms with Crippen molar-refractivity contribution < 1.29 is 9.53 Å². The van der Waals surface area contributed by atoms with Crippen LogP contribution in [0.3, 0.4) is 0 Å². The second-order valence-electron chi connectivity index (χ2n) is 5.08. The molecule has 1 aliphatic heterocycles. The molecule has 0 N–H and O–H groups in total. The van der Waals surface area contributed by atoms with E-state index in [0.717, 1.165) is 16.7 Å². The quantitative estimate of drug-likeness (QED) is 0.627. The molecule has 0 amide bonds. The van der Waals surface area contributed by atoms with Crippen molar-refractivity contribution >= 4 is 17.9 Å². The van der Waals surface area contributed by atoms with Gasteiger partial charge in [-0.1, -0.05) is 6.07 Å². The highest BCUT2D eigenvalue weighted by molar-refractivity contribution is 6.12. The Morgan fingerprint density at radius 2 is 2.05 bits per heavy atom. The summed E-state index contributed by atoms with van der Waals surface area (Å²) in [4.78, 5) is 16.2. The molecule has 3 rings (SSSR count). The number of aromatic nitrogens is 2. The van der Waals surface area contributed by atoms with E-state index < -0.39 is 5.97 Å². The number of carbonyl (C=O) groups excluding carboxylic acids is 1. The lowest BCUT2D eigenvalue weighted by Gasteiger charge is -2.03. The van der Waals surface area contributed by atoms with Gasteiger partial charge in [0.1, 0.15) is 0 Å². The molecule has 1 aromatic heterocycles. The average Bonchev–Trinajstić information content (AvgIpc) is 3.00. The van der Waals surface area contributed by atoms with Crippen LogP contribution in [-0.4, -0.2) is 21.6 Å². The van der Waals surface area contributed by atoms with Gasteiger partial charge in [-0.15, -0.1) is 0 Å². The van der Waals surface area contributed by atoms with Gasteiger partial charge in [0, 0.05) is 24.4 Å². The Morgan fingerprint density at radius 3 is 2.71 bits per heavy atom. The number of rotatable bonds is 2. The van der Waals surface area contributed by atoms with Crippen molar-refractivity contribution in [1.82, 2.24) is 9.78 Å². The van der Waals surface area contributed by atoms with Gasteiger partial charge in [0.15, 0.2) is 5.70 Å². The van der Waals surface area contributed by atoms with Crippen LogP contribution in [0.25, 0.3) is 6.08 Å². The molecule has 0 saturated carbocycles. The first kappa shape index (κ1) is 13.3. The first-order valence-corrected chi connectivity index (χ1v) is 6.62. The number of esters is 1.